The van der Waals surface area contributed by atoms with E-state index < -0.39 is 0 Å². The number of hydrogen-bond donors (Lipinski definition) is 1. The van der Waals surface area contributed by atoms with Crippen LogP contribution in [0, 0.1) is 5.92 Å². The molecule has 1 saturated carbocycles. The third-order valence-corrected chi connectivity index (χ3v) is 4.85. The Morgan fingerprint density at radius 3 is 2.76 bits per heavy atom. The molecule has 116 valence electrons. The van der Waals surface area contributed by atoms with E-state index in [4.69, 9.17) is 4.74 Å². The molecule has 0 radical (unpaired) electrons. The van der Waals surface area contributed by atoms with E-state index in [9.17, 15) is 0 Å². The van der Waals surface area contributed by atoms with Crippen LogP contribution in [0.1, 0.15) is 38.2 Å². The first-order chi connectivity index (χ1) is 10.3. The van der Waals surface area contributed by atoms with Crippen molar-refractivity contribution in [1.29, 1.82) is 0 Å². The van der Waals surface area contributed by atoms with Crippen LogP contribution in [0.2, 0.25) is 0 Å². The van der Waals surface area contributed by atoms with Crippen LogP contribution in [0.5, 0.6) is 5.75 Å². The summed E-state index contributed by atoms with van der Waals surface area (Å²) < 4.78 is 5.89. The maximum absolute atomic E-state index is 5.89. The fourth-order valence-electron chi connectivity index (χ4n) is 3.69. The lowest BCUT2D eigenvalue weighted by Gasteiger charge is -2.26. The van der Waals surface area contributed by atoms with E-state index in [-0.39, 0.29) is 0 Å². The van der Waals surface area contributed by atoms with Gasteiger partial charge in [0, 0.05) is 25.7 Å². The summed E-state index contributed by atoms with van der Waals surface area (Å²) in [6.45, 7) is 7.42. The molecule has 3 nitrogen and oxygen atoms in total. The second kappa shape index (κ2) is 7.28. The number of nitrogens with one attached hydrogen (secondary N) is 1. The summed E-state index contributed by atoms with van der Waals surface area (Å²) in [6, 6.07) is 9.37. The van der Waals surface area contributed by atoms with Crippen LogP contribution in [0.4, 0.5) is 0 Å². The van der Waals surface area contributed by atoms with Crippen molar-refractivity contribution < 1.29 is 4.74 Å². The first-order valence-electron chi connectivity index (χ1n) is 8.51. The van der Waals surface area contributed by atoms with E-state index in [0.29, 0.717) is 0 Å². The highest BCUT2D eigenvalue weighted by Crippen LogP contribution is 2.36. The highest BCUT2D eigenvalue weighted by Gasteiger charge is 2.37. The average molecular weight is 288 g/mol. The van der Waals surface area contributed by atoms with Crippen LogP contribution >= 0.6 is 0 Å². The SMILES string of the molecule is CCCNCc1ccc(OCCN2CC3CCC2C3)cc1. The predicted octanol–water partition coefficient (Wildman–Crippen LogP) is 3.05. The Morgan fingerprint density at radius 2 is 2.10 bits per heavy atom. The van der Waals surface area contributed by atoms with Gasteiger partial charge in [-0.05, 0) is 55.8 Å². The molecule has 1 aromatic carbocycles. The Hall–Kier alpha value is -1.06. The van der Waals surface area contributed by atoms with Crippen molar-refractivity contribution >= 4 is 0 Å². The molecule has 1 aliphatic carbocycles. The summed E-state index contributed by atoms with van der Waals surface area (Å²) in [5.41, 5.74) is 1.33. The molecule has 0 spiro atoms. The van der Waals surface area contributed by atoms with Crippen molar-refractivity contribution in [1.82, 2.24) is 10.2 Å². The Labute approximate surface area is 128 Å². The second-order valence-corrected chi connectivity index (χ2v) is 6.50. The Balaban J connectivity index is 1.37. The standard InChI is InChI=1S/C18H28N2O/c1-2-9-19-13-15-4-7-18(8-5-15)21-11-10-20-14-16-3-6-17(20)12-16/h4-5,7-8,16-17,19H,2-3,6,9-14H2,1H3. The largest absolute Gasteiger partial charge is 0.492 e. The minimum absolute atomic E-state index is 0.816. The molecule has 3 heteroatoms. The Morgan fingerprint density at radius 1 is 1.24 bits per heavy atom. The van der Waals surface area contributed by atoms with Crippen LogP contribution in [-0.4, -0.2) is 37.2 Å². The zero-order valence-electron chi connectivity index (χ0n) is 13.2. The summed E-state index contributed by atoms with van der Waals surface area (Å²) in [6.07, 6.45) is 5.47. The molecular weight excluding hydrogens is 260 g/mol. The molecule has 3 rings (SSSR count). The lowest BCUT2D eigenvalue weighted by molar-refractivity contribution is 0.172. The number of benzene rings is 1. The van der Waals surface area contributed by atoms with E-state index in [0.717, 1.165) is 44.0 Å². The molecule has 0 aromatic heterocycles. The summed E-state index contributed by atoms with van der Waals surface area (Å²) in [5.74, 6) is 1.98. The minimum atomic E-state index is 0.816. The maximum Gasteiger partial charge on any atom is 0.119 e. The normalized spacial score (nSPS) is 24.6. The molecule has 0 amide bonds. The topological polar surface area (TPSA) is 24.5 Å². The van der Waals surface area contributed by atoms with Gasteiger partial charge in [0.15, 0.2) is 0 Å². The fraction of sp³-hybridized carbons (Fsp3) is 0.667. The van der Waals surface area contributed by atoms with Gasteiger partial charge in [-0.3, -0.25) is 4.90 Å². The smallest absolute Gasteiger partial charge is 0.119 e. The third kappa shape index (κ3) is 3.98. The van der Waals surface area contributed by atoms with Gasteiger partial charge in [0.1, 0.15) is 12.4 Å². The van der Waals surface area contributed by atoms with Crippen molar-refractivity contribution in [2.24, 2.45) is 5.92 Å². The van der Waals surface area contributed by atoms with Crippen molar-refractivity contribution in [3.05, 3.63) is 29.8 Å². The highest BCUT2D eigenvalue weighted by molar-refractivity contribution is 5.27. The van der Waals surface area contributed by atoms with E-state index in [1.54, 1.807) is 0 Å². The molecular formula is C18H28N2O. The first kappa shape index (κ1) is 14.9. The molecule has 21 heavy (non-hydrogen) atoms. The monoisotopic (exact) mass is 288 g/mol. The van der Waals surface area contributed by atoms with Crippen molar-refractivity contribution in [2.45, 2.75) is 45.2 Å². The molecule has 2 fully saturated rings. The first-order valence-corrected chi connectivity index (χ1v) is 8.51. The predicted molar refractivity (Wildman–Crippen MR) is 86.6 cm³/mol. The summed E-state index contributed by atoms with van der Waals surface area (Å²) in [7, 11) is 0. The Bertz CT molecular complexity index is 431. The van der Waals surface area contributed by atoms with Gasteiger partial charge in [-0.1, -0.05) is 19.1 Å². The third-order valence-electron chi connectivity index (χ3n) is 4.85. The lowest BCUT2D eigenvalue weighted by Crippen LogP contribution is -2.35. The average Bonchev–Trinajstić information content (AvgIpc) is 3.12. The molecule has 1 N–H and O–H groups in total. The number of nitrogens with zero attached hydrogens (tertiary/aromatic N) is 1. The van der Waals surface area contributed by atoms with Gasteiger partial charge >= 0.3 is 0 Å². The second-order valence-electron chi connectivity index (χ2n) is 6.50. The molecule has 1 saturated heterocycles. The van der Waals surface area contributed by atoms with Gasteiger partial charge < -0.3 is 10.1 Å². The molecule has 2 aliphatic rings. The molecule has 1 aromatic rings. The van der Waals surface area contributed by atoms with Gasteiger partial charge in [-0.15, -0.1) is 0 Å². The number of hydrogen-bond acceptors (Lipinski definition) is 3. The zero-order valence-corrected chi connectivity index (χ0v) is 13.2. The van der Waals surface area contributed by atoms with Crippen LogP contribution in [0.15, 0.2) is 24.3 Å². The number of rotatable bonds is 8. The summed E-state index contributed by atoms with van der Waals surface area (Å²) >= 11 is 0. The molecule has 1 heterocycles. The van der Waals surface area contributed by atoms with E-state index in [1.165, 1.54) is 37.8 Å². The number of fused-ring (bicyclic) bond motifs is 2. The zero-order chi connectivity index (χ0) is 14.5. The molecule has 2 atom stereocenters. The van der Waals surface area contributed by atoms with Crippen LogP contribution in [-0.2, 0) is 6.54 Å². The van der Waals surface area contributed by atoms with Crippen molar-refractivity contribution in [3.63, 3.8) is 0 Å². The maximum atomic E-state index is 5.89. The van der Waals surface area contributed by atoms with E-state index in [1.807, 2.05) is 0 Å². The molecule has 2 bridgehead atoms. The quantitative estimate of drug-likeness (QED) is 0.744. The van der Waals surface area contributed by atoms with E-state index in [2.05, 4.69) is 41.4 Å². The lowest BCUT2D eigenvalue weighted by atomic mass is 10.1. The number of likely N-dealkylation sites (tertiary alicyclic amines) is 1. The van der Waals surface area contributed by atoms with Crippen LogP contribution in [0.25, 0.3) is 0 Å². The van der Waals surface area contributed by atoms with Gasteiger partial charge in [-0.2, -0.15) is 0 Å². The highest BCUT2D eigenvalue weighted by atomic mass is 16.5. The van der Waals surface area contributed by atoms with Crippen molar-refractivity contribution in [3.8, 4) is 5.75 Å². The minimum Gasteiger partial charge on any atom is -0.492 e. The number of piperidine rings is 1. The Kier molecular flexibility index (Phi) is 5.15. The van der Waals surface area contributed by atoms with Gasteiger partial charge in [0.05, 0.1) is 0 Å². The number of ether oxygens (including phenoxy) is 1. The molecule has 2 unspecified atom stereocenters. The summed E-state index contributed by atoms with van der Waals surface area (Å²) in [5, 5.41) is 3.42. The van der Waals surface area contributed by atoms with Crippen LogP contribution in [0.3, 0.4) is 0 Å². The van der Waals surface area contributed by atoms with Gasteiger partial charge in [-0.25, -0.2) is 0 Å². The van der Waals surface area contributed by atoms with Crippen molar-refractivity contribution in [2.75, 3.05) is 26.2 Å². The molecule has 1 aliphatic heterocycles. The van der Waals surface area contributed by atoms with Gasteiger partial charge in [0.2, 0.25) is 0 Å². The fourth-order valence-corrected chi connectivity index (χ4v) is 3.69. The van der Waals surface area contributed by atoms with Gasteiger partial charge in [0.25, 0.3) is 0 Å². The van der Waals surface area contributed by atoms with Crippen LogP contribution < -0.4 is 10.1 Å². The van der Waals surface area contributed by atoms with E-state index >= 15 is 0 Å². The summed E-state index contributed by atoms with van der Waals surface area (Å²) in [4.78, 5) is 2.62.